The summed E-state index contributed by atoms with van der Waals surface area (Å²) in [7, 11) is 3.79. The Kier molecular flexibility index (Phi) is 2.63. The highest BCUT2D eigenvalue weighted by Crippen LogP contribution is 2.11. The molecular weight excluding hydrogens is 186 g/mol. The Labute approximate surface area is 89.1 Å². The van der Waals surface area contributed by atoms with Gasteiger partial charge in [0, 0.05) is 31.2 Å². The first kappa shape index (κ1) is 9.65. The highest BCUT2D eigenvalue weighted by atomic mass is 15.4. The van der Waals surface area contributed by atoms with Crippen LogP contribution < -0.4 is 0 Å². The molecule has 76 valence electrons. The third-order valence-electron chi connectivity index (χ3n) is 2.05. The molecule has 0 aliphatic carbocycles. The molecule has 0 saturated carbocycles. The fraction of sp³-hybridized carbons (Fsp3) is 0.167. The van der Waals surface area contributed by atoms with Crippen molar-refractivity contribution >= 4 is 17.1 Å². The molecule has 0 amide bonds. The van der Waals surface area contributed by atoms with E-state index in [4.69, 9.17) is 0 Å². The Morgan fingerprint density at radius 2 is 2.07 bits per heavy atom. The predicted molar refractivity (Wildman–Crippen MR) is 63.0 cm³/mol. The number of nitrogens with zero attached hydrogens (tertiary/aromatic N) is 3. The van der Waals surface area contributed by atoms with Crippen LogP contribution in [0.25, 0.3) is 10.9 Å². The summed E-state index contributed by atoms with van der Waals surface area (Å²) in [6.45, 7) is 0. The molecule has 0 bridgehead atoms. The van der Waals surface area contributed by atoms with E-state index in [-0.39, 0.29) is 0 Å². The quantitative estimate of drug-likeness (QED) is 0.547. The third-order valence-corrected chi connectivity index (χ3v) is 2.05. The number of para-hydroxylation sites is 1. The van der Waals surface area contributed by atoms with Gasteiger partial charge < -0.3 is 5.01 Å². The third kappa shape index (κ3) is 2.31. The van der Waals surface area contributed by atoms with Gasteiger partial charge in [-0.2, -0.15) is 5.10 Å². The summed E-state index contributed by atoms with van der Waals surface area (Å²) < 4.78 is 0. The van der Waals surface area contributed by atoms with E-state index in [2.05, 4.69) is 22.2 Å². The van der Waals surface area contributed by atoms with Gasteiger partial charge >= 0.3 is 0 Å². The van der Waals surface area contributed by atoms with Crippen molar-refractivity contribution in [1.82, 2.24) is 9.99 Å². The standard InChI is InChI=1S/C12H13N3/c1-15(2)14-9-10-7-11-5-3-4-6-12(11)13-8-10/h3-9H,1-2H3/b14-9+. The fourth-order valence-electron chi connectivity index (χ4n) is 1.34. The van der Waals surface area contributed by atoms with E-state index >= 15 is 0 Å². The summed E-state index contributed by atoms with van der Waals surface area (Å²) in [5.41, 5.74) is 2.03. The van der Waals surface area contributed by atoms with Crippen LogP contribution in [-0.2, 0) is 0 Å². The number of fused-ring (bicyclic) bond motifs is 1. The average Bonchev–Trinajstić information content (AvgIpc) is 2.26. The zero-order valence-electron chi connectivity index (χ0n) is 8.88. The first-order valence-corrected chi connectivity index (χ1v) is 4.82. The van der Waals surface area contributed by atoms with Crippen molar-refractivity contribution in [2.45, 2.75) is 0 Å². The van der Waals surface area contributed by atoms with Gasteiger partial charge in [-0.25, -0.2) is 0 Å². The Morgan fingerprint density at radius 1 is 1.27 bits per heavy atom. The van der Waals surface area contributed by atoms with Crippen molar-refractivity contribution in [3.63, 3.8) is 0 Å². The van der Waals surface area contributed by atoms with Gasteiger partial charge in [-0.05, 0) is 12.1 Å². The summed E-state index contributed by atoms with van der Waals surface area (Å²) in [5, 5.41) is 7.07. The molecule has 3 nitrogen and oxygen atoms in total. The van der Waals surface area contributed by atoms with Crippen LogP contribution in [-0.4, -0.2) is 30.3 Å². The van der Waals surface area contributed by atoms with Gasteiger partial charge in [0.2, 0.25) is 0 Å². The summed E-state index contributed by atoms with van der Waals surface area (Å²) in [5.74, 6) is 0. The average molecular weight is 199 g/mol. The Bertz CT molecular complexity index is 489. The first-order valence-electron chi connectivity index (χ1n) is 4.82. The normalized spacial score (nSPS) is 11.1. The SMILES string of the molecule is CN(C)/N=C/c1cnc2ccccc2c1. The van der Waals surface area contributed by atoms with Crippen molar-refractivity contribution < 1.29 is 0 Å². The van der Waals surface area contributed by atoms with Crippen LogP contribution in [0.2, 0.25) is 0 Å². The lowest BCUT2D eigenvalue weighted by atomic mass is 10.2. The molecule has 0 aliphatic heterocycles. The predicted octanol–water partition coefficient (Wildman–Crippen LogP) is 2.13. The van der Waals surface area contributed by atoms with Crippen LogP contribution in [0.5, 0.6) is 0 Å². The molecule has 0 atom stereocenters. The number of rotatable bonds is 2. The minimum absolute atomic E-state index is 1.01. The molecule has 1 aromatic carbocycles. The van der Waals surface area contributed by atoms with E-state index in [1.807, 2.05) is 38.5 Å². The number of pyridine rings is 1. The van der Waals surface area contributed by atoms with Gasteiger partial charge in [0.25, 0.3) is 0 Å². The van der Waals surface area contributed by atoms with E-state index in [9.17, 15) is 0 Å². The summed E-state index contributed by atoms with van der Waals surface area (Å²) in [4.78, 5) is 4.35. The summed E-state index contributed by atoms with van der Waals surface area (Å²) in [6.07, 6.45) is 3.63. The van der Waals surface area contributed by atoms with Gasteiger partial charge in [-0.15, -0.1) is 0 Å². The summed E-state index contributed by atoms with van der Waals surface area (Å²) in [6, 6.07) is 10.1. The second-order valence-corrected chi connectivity index (χ2v) is 3.55. The maximum Gasteiger partial charge on any atom is 0.0702 e. The molecule has 0 unspecified atom stereocenters. The highest BCUT2D eigenvalue weighted by Gasteiger charge is 1.94. The molecular formula is C12H13N3. The van der Waals surface area contributed by atoms with E-state index in [1.54, 1.807) is 11.2 Å². The van der Waals surface area contributed by atoms with Gasteiger partial charge in [-0.3, -0.25) is 4.98 Å². The molecule has 2 rings (SSSR count). The minimum Gasteiger partial charge on any atom is -0.303 e. The van der Waals surface area contributed by atoms with E-state index < -0.39 is 0 Å². The molecule has 0 radical (unpaired) electrons. The van der Waals surface area contributed by atoms with Gasteiger partial charge in [0.05, 0.1) is 11.7 Å². The monoisotopic (exact) mass is 199 g/mol. The lowest BCUT2D eigenvalue weighted by molar-refractivity contribution is 0.440. The van der Waals surface area contributed by atoms with Crippen LogP contribution >= 0.6 is 0 Å². The van der Waals surface area contributed by atoms with Crippen molar-refractivity contribution in [1.29, 1.82) is 0 Å². The lowest BCUT2D eigenvalue weighted by Crippen LogP contribution is -2.02. The van der Waals surface area contributed by atoms with Crippen LogP contribution in [0.1, 0.15) is 5.56 Å². The fourth-order valence-corrected chi connectivity index (χ4v) is 1.34. The van der Waals surface area contributed by atoms with Crippen molar-refractivity contribution in [2.75, 3.05) is 14.1 Å². The molecule has 1 aromatic heterocycles. The molecule has 0 N–H and O–H groups in total. The van der Waals surface area contributed by atoms with Crippen molar-refractivity contribution in [2.24, 2.45) is 5.10 Å². The molecule has 2 aromatic rings. The molecule has 15 heavy (non-hydrogen) atoms. The number of benzene rings is 1. The number of hydrogen-bond acceptors (Lipinski definition) is 3. The highest BCUT2D eigenvalue weighted by molar-refractivity contribution is 5.87. The van der Waals surface area contributed by atoms with Crippen molar-refractivity contribution in [3.05, 3.63) is 42.1 Å². The topological polar surface area (TPSA) is 28.5 Å². The Morgan fingerprint density at radius 3 is 2.87 bits per heavy atom. The zero-order chi connectivity index (χ0) is 10.7. The summed E-state index contributed by atoms with van der Waals surface area (Å²) >= 11 is 0. The minimum atomic E-state index is 1.01. The Balaban J connectivity index is 2.39. The number of hydrazone groups is 1. The van der Waals surface area contributed by atoms with Crippen LogP contribution in [0.15, 0.2) is 41.6 Å². The van der Waals surface area contributed by atoms with Gasteiger partial charge in [-0.1, -0.05) is 18.2 Å². The molecule has 3 heteroatoms. The second kappa shape index (κ2) is 4.09. The first-order chi connectivity index (χ1) is 7.25. The van der Waals surface area contributed by atoms with Gasteiger partial charge in [0.1, 0.15) is 0 Å². The molecule has 0 spiro atoms. The molecule has 0 fully saturated rings. The zero-order valence-corrected chi connectivity index (χ0v) is 8.88. The number of aromatic nitrogens is 1. The maximum absolute atomic E-state index is 4.35. The van der Waals surface area contributed by atoms with Crippen LogP contribution in [0.3, 0.4) is 0 Å². The second-order valence-electron chi connectivity index (χ2n) is 3.55. The van der Waals surface area contributed by atoms with E-state index in [0.29, 0.717) is 0 Å². The molecule has 0 aliphatic rings. The van der Waals surface area contributed by atoms with Crippen molar-refractivity contribution in [3.8, 4) is 0 Å². The molecule has 0 saturated heterocycles. The van der Waals surface area contributed by atoms with Gasteiger partial charge in [0.15, 0.2) is 0 Å². The van der Waals surface area contributed by atoms with E-state index in [1.165, 1.54) is 0 Å². The maximum atomic E-state index is 4.35. The largest absolute Gasteiger partial charge is 0.303 e. The lowest BCUT2D eigenvalue weighted by Gasteiger charge is -2.02. The number of hydrogen-bond donors (Lipinski definition) is 0. The van der Waals surface area contributed by atoms with Crippen LogP contribution in [0.4, 0.5) is 0 Å². The Hall–Kier alpha value is -1.90. The molecule has 1 heterocycles. The smallest absolute Gasteiger partial charge is 0.0702 e. The van der Waals surface area contributed by atoms with Crippen LogP contribution in [0, 0.1) is 0 Å². The van der Waals surface area contributed by atoms with E-state index in [0.717, 1.165) is 16.5 Å².